The fourth-order valence-corrected chi connectivity index (χ4v) is 2.39. The fourth-order valence-electron chi connectivity index (χ4n) is 2.39. The summed E-state index contributed by atoms with van der Waals surface area (Å²) < 4.78 is 0. The summed E-state index contributed by atoms with van der Waals surface area (Å²) in [7, 11) is 0. The van der Waals surface area contributed by atoms with E-state index in [1.54, 1.807) is 0 Å². The zero-order valence-corrected chi connectivity index (χ0v) is 12.6. The van der Waals surface area contributed by atoms with E-state index in [4.69, 9.17) is 0 Å². The summed E-state index contributed by atoms with van der Waals surface area (Å²) in [6, 6.07) is 18.6. The molecule has 0 aromatic heterocycles. The molecule has 0 bridgehead atoms. The third kappa shape index (κ3) is 4.63. The first-order chi connectivity index (χ1) is 10.2. The molecule has 2 rings (SSSR count). The van der Waals surface area contributed by atoms with Crippen molar-refractivity contribution in [1.29, 1.82) is 0 Å². The summed E-state index contributed by atoms with van der Waals surface area (Å²) in [4.78, 5) is 11.1. The molecule has 0 fully saturated rings. The minimum atomic E-state index is -0.0553. The number of benzene rings is 2. The second-order valence-electron chi connectivity index (χ2n) is 5.16. The number of hydrogen-bond donors (Lipinski definition) is 2. The van der Waals surface area contributed by atoms with Gasteiger partial charge in [-0.05, 0) is 30.2 Å². The molecule has 0 spiro atoms. The van der Waals surface area contributed by atoms with Gasteiger partial charge in [-0.1, -0.05) is 49.7 Å². The standard InChI is InChI=1S/C18H22N2O/c1-3-8-18(15-9-5-4-6-10-15)20-17-12-7-11-16(13-17)19-14(2)21/h4-7,9-13,18,20H,3,8H2,1-2H3,(H,19,21). The Labute approximate surface area is 126 Å². The van der Waals surface area contributed by atoms with E-state index in [2.05, 4.69) is 41.8 Å². The Kier molecular flexibility index (Phi) is 5.38. The molecule has 3 heteroatoms. The Morgan fingerprint density at radius 3 is 2.43 bits per heavy atom. The highest BCUT2D eigenvalue weighted by atomic mass is 16.1. The zero-order chi connectivity index (χ0) is 15.1. The molecule has 0 aliphatic carbocycles. The van der Waals surface area contributed by atoms with Gasteiger partial charge in [-0.15, -0.1) is 0 Å². The average Bonchev–Trinajstić information content (AvgIpc) is 2.47. The van der Waals surface area contributed by atoms with Crippen molar-refractivity contribution in [3.8, 4) is 0 Å². The molecule has 2 aromatic rings. The predicted octanol–water partition coefficient (Wildman–Crippen LogP) is 4.60. The fraction of sp³-hybridized carbons (Fsp3) is 0.278. The lowest BCUT2D eigenvalue weighted by molar-refractivity contribution is -0.114. The van der Waals surface area contributed by atoms with Gasteiger partial charge >= 0.3 is 0 Å². The van der Waals surface area contributed by atoms with Gasteiger partial charge in [0, 0.05) is 18.3 Å². The van der Waals surface area contributed by atoms with Crippen molar-refractivity contribution in [2.45, 2.75) is 32.7 Å². The van der Waals surface area contributed by atoms with Crippen LogP contribution in [0.5, 0.6) is 0 Å². The molecular formula is C18H22N2O. The van der Waals surface area contributed by atoms with Crippen LogP contribution < -0.4 is 10.6 Å². The molecule has 0 aliphatic heterocycles. The molecule has 0 radical (unpaired) electrons. The average molecular weight is 282 g/mol. The molecule has 3 nitrogen and oxygen atoms in total. The summed E-state index contributed by atoms with van der Waals surface area (Å²) >= 11 is 0. The Balaban J connectivity index is 2.15. The molecule has 2 N–H and O–H groups in total. The lowest BCUT2D eigenvalue weighted by atomic mass is 10.0. The molecule has 0 aliphatic rings. The number of nitrogens with one attached hydrogen (secondary N) is 2. The maximum absolute atomic E-state index is 11.1. The first kappa shape index (κ1) is 15.1. The van der Waals surface area contributed by atoms with E-state index in [9.17, 15) is 4.79 Å². The molecule has 1 amide bonds. The van der Waals surface area contributed by atoms with Gasteiger partial charge in [0.2, 0.25) is 5.91 Å². The number of hydrogen-bond acceptors (Lipinski definition) is 2. The van der Waals surface area contributed by atoms with Gasteiger partial charge in [0.1, 0.15) is 0 Å². The Morgan fingerprint density at radius 1 is 1.05 bits per heavy atom. The first-order valence-electron chi connectivity index (χ1n) is 7.38. The zero-order valence-electron chi connectivity index (χ0n) is 12.6. The minimum absolute atomic E-state index is 0.0553. The molecule has 21 heavy (non-hydrogen) atoms. The van der Waals surface area contributed by atoms with E-state index in [0.29, 0.717) is 0 Å². The van der Waals surface area contributed by atoms with Gasteiger partial charge in [-0.2, -0.15) is 0 Å². The van der Waals surface area contributed by atoms with Gasteiger partial charge in [-0.25, -0.2) is 0 Å². The van der Waals surface area contributed by atoms with Crippen molar-refractivity contribution >= 4 is 17.3 Å². The summed E-state index contributed by atoms with van der Waals surface area (Å²) in [6.45, 7) is 3.70. The number of carbonyl (C=O) groups is 1. The SMILES string of the molecule is CCCC(Nc1cccc(NC(C)=O)c1)c1ccccc1. The summed E-state index contributed by atoms with van der Waals surface area (Å²) in [5.41, 5.74) is 3.11. The van der Waals surface area contributed by atoms with Gasteiger partial charge in [0.25, 0.3) is 0 Å². The normalized spacial score (nSPS) is 11.7. The lowest BCUT2D eigenvalue weighted by Gasteiger charge is -2.20. The Hall–Kier alpha value is -2.29. The van der Waals surface area contributed by atoms with Crippen molar-refractivity contribution in [2.24, 2.45) is 0 Å². The van der Waals surface area contributed by atoms with Gasteiger partial charge in [-0.3, -0.25) is 4.79 Å². The molecule has 110 valence electrons. The van der Waals surface area contributed by atoms with Crippen molar-refractivity contribution in [2.75, 3.05) is 10.6 Å². The van der Waals surface area contributed by atoms with Crippen LogP contribution in [0.2, 0.25) is 0 Å². The van der Waals surface area contributed by atoms with Crippen LogP contribution in [0.4, 0.5) is 11.4 Å². The minimum Gasteiger partial charge on any atom is -0.378 e. The van der Waals surface area contributed by atoms with E-state index < -0.39 is 0 Å². The summed E-state index contributed by atoms with van der Waals surface area (Å²) in [5.74, 6) is -0.0553. The van der Waals surface area contributed by atoms with Crippen LogP contribution in [0.15, 0.2) is 54.6 Å². The van der Waals surface area contributed by atoms with Crippen molar-refractivity contribution < 1.29 is 4.79 Å². The lowest BCUT2D eigenvalue weighted by Crippen LogP contribution is -2.11. The topological polar surface area (TPSA) is 41.1 Å². The molecule has 0 heterocycles. The van der Waals surface area contributed by atoms with E-state index >= 15 is 0 Å². The maximum atomic E-state index is 11.1. The smallest absolute Gasteiger partial charge is 0.221 e. The third-order valence-corrected chi connectivity index (χ3v) is 3.30. The second-order valence-corrected chi connectivity index (χ2v) is 5.16. The number of rotatable bonds is 6. The molecule has 0 saturated heterocycles. The quantitative estimate of drug-likeness (QED) is 0.813. The number of carbonyl (C=O) groups excluding carboxylic acids is 1. The van der Waals surface area contributed by atoms with Crippen LogP contribution in [0.3, 0.4) is 0 Å². The van der Waals surface area contributed by atoms with Crippen LogP contribution in [-0.2, 0) is 4.79 Å². The van der Waals surface area contributed by atoms with Crippen LogP contribution >= 0.6 is 0 Å². The van der Waals surface area contributed by atoms with Gasteiger partial charge < -0.3 is 10.6 Å². The molecular weight excluding hydrogens is 260 g/mol. The molecule has 2 aromatic carbocycles. The Bertz CT molecular complexity index is 581. The van der Waals surface area contributed by atoms with Gasteiger partial charge in [0.15, 0.2) is 0 Å². The predicted molar refractivity (Wildman–Crippen MR) is 88.5 cm³/mol. The van der Waals surface area contributed by atoms with E-state index in [1.165, 1.54) is 12.5 Å². The maximum Gasteiger partial charge on any atom is 0.221 e. The summed E-state index contributed by atoms with van der Waals surface area (Å²) in [5, 5.41) is 6.37. The molecule has 1 unspecified atom stereocenters. The Morgan fingerprint density at radius 2 is 1.76 bits per heavy atom. The van der Waals surface area contributed by atoms with Crippen molar-refractivity contribution in [3.63, 3.8) is 0 Å². The molecule has 0 saturated carbocycles. The van der Waals surface area contributed by atoms with E-state index in [-0.39, 0.29) is 11.9 Å². The van der Waals surface area contributed by atoms with Crippen LogP contribution in [-0.4, -0.2) is 5.91 Å². The van der Waals surface area contributed by atoms with E-state index in [1.807, 2.05) is 30.3 Å². The highest BCUT2D eigenvalue weighted by molar-refractivity contribution is 5.89. The van der Waals surface area contributed by atoms with Gasteiger partial charge in [0.05, 0.1) is 6.04 Å². The number of amides is 1. The second kappa shape index (κ2) is 7.48. The highest BCUT2D eigenvalue weighted by Gasteiger charge is 2.10. The number of anilines is 2. The first-order valence-corrected chi connectivity index (χ1v) is 7.38. The third-order valence-electron chi connectivity index (χ3n) is 3.30. The van der Waals surface area contributed by atoms with Crippen LogP contribution in [0.1, 0.15) is 38.3 Å². The monoisotopic (exact) mass is 282 g/mol. The highest BCUT2D eigenvalue weighted by Crippen LogP contribution is 2.25. The van der Waals surface area contributed by atoms with Crippen molar-refractivity contribution in [1.82, 2.24) is 0 Å². The van der Waals surface area contributed by atoms with Crippen LogP contribution in [0, 0.1) is 0 Å². The van der Waals surface area contributed by atoms with Crippen molar-refractivity contribution in [3.05, 3.63) is 60.2 Å². The largest absolute Gasteiger partial charge is 0.378 e. The van der Waals surface area contributed by atoms with E-state index in [0.717, 1.165) is 24.2 Å². The van der Waals surface area contributed by atoms with Crippen LogP contribution in [0.25, 0.3) is 0 Å². The molecule has 1 atom stereocenters. The summed E-state index contributed by atoms with van der Waals surface area (Å²) in [6.07, 6.45) is 2.17.